The smallest absolute Gasteiger partial charge is 0.381 e. The van der Waals surface area contributed by atoms with E-state index >= 15 is 0 Å². The number of ether oxygens (including phenoxy) is 1. The Labute approximate surface area is 86.3 Å². The Morgan fingerprint density at radius 2 is 1.50 bits per heavy atom. The van der Waals surface area contributed by atoms with Crippen molar-refractivity contribution in [2.24, 2.45) is 0 Å². The molecule has 1 fully saturated rings. The van der Waals surface area contributed by atoms with Gasteiger partial charge in [0.15, 0.2) is 0 Å². The summed E-state index contributed by atoms with van der Waals surface area (Å²) in [5.41, 5.74) is 0. The standard InChI is InChI=1S/C6H5.C4H8O.Li/c1-2-4-6-5-3-1;1-2-4-5-3-1;/h1-5H;1-4H2;/q-1;;+1. The van der Waals surface area contributed by atoms with E-state index in [-0.39, 0.29) is 18.9 Å². The first-order chi connectivity index (χ1) is 5.50. The molecule has 0 atom stereocenters. The molecular weight excluding hydrogens is 143 g/mol. The van der Waals surface area contributed by atoms with E-state index in [4.69, 9.17) is 4.74 Å². The first-order valence-electron chi connectivity index (χ1n) is 3.99. The van der Waals surface area contributed by atoms with E-state index in [9.17, 15) is 0 Å². The van der Waals surface area contributed by atoms with Crippen LogP contribution in [0.4, 0.5) is 0 Å². The van der Waals surface area contributed by atoms with E-state index < -0.39 is 0 Å². The Kier molecular flexibility index (Phi) is 8.71. The van der Waals surface area contributed by atoms with Gasteiger partial charge in [0.1, 0.15) is 0 Å². The molecule has 1 nitrogen and oxygen atoms in total. The molecule has 0 amide bonds. The summed E-state index contributed by atoms with van der Waals surface area (Å²) in [6.07, 6.45) is 2.56. The van der Waals surface area contributed by atoms with Gasteiger partial charge in [-0.3, -0.25) is 0 Å². The topological polar surface area (TPSA) is 9.23 Å². The van der Waals surface area contributed by atoms with Crippen molar-refractivity contribution in [2.75, 3.05) is 13.2 Å². The van der Waals surface area contributed by atoms with Gasteiger partial charge in [0.25, 0.3) is 0 Å². The maximum atomic E-state index is 4.94. The van der Waals surface area contributed by atoms with E-state index in [0.29, 0.717) is 0 Å². The minimum atomic E-state index is 0. The van der Waals surface area contributed by atoms with Gasteiger partial charge < -0.3 is 4.74 Å². The molecule has 1 aromatic rings. The van der Waals surface area contributed by atoms with Crippen molar-refractivity contribution >= 4 is 0 Å². The van der Waals surface area contributed by atoms with Gasteiger partial charge in [0.05, 0.1) is 0 Å². The van der Waals surface area contributed by atoms with Crippen molar-refractivity contribution in [2.45, 2.75) is 12.8 Å². The monoisotopic (exact) mass is 156 g/mol. The fourth-order valence-electron chi connectivity index (χ4n) is 0.852. The third-order valence-electron chi connectivity index (χ3n) is 1.43. The maximum Gasteiger partial charge on any atom is 1.00 e. The summed E-state index contributed by atoms with van der Waals surface area (Å²) in [5.74, 6) is 0. The minimum absolute atomic E-state index is 0. The number of hydrogen-bond donors (Lipinski definition) is 0. The van der Waals surface area contributed by atoms with Crippen LogP contribution in [0.5, 0.6) is 0 Å². The first kappa shape index (κ1) is 11.8. The molecule has 0 aromatic heterocycles. The predicted molar refractivity (Wildman–Crippen MR) is 45.3 cm³/mol. The minimum Gasteiger partial charge on any atom is -0.381 e. The van der Waals surface area contributed by atoms with Gasteiger partial charge in [-0.2, -0.15) is 36.4 Å². The zero-order valence-corrected chi connectivity index (χ0v) is 7.62. The van der Waals surface area contributed by atoms with Crippen LogP contribution in [0.1, 0.15) is 12.8 Å². The van der Waals surface area contributed by atoms with Gasteiger partial charge in [-0.05, 0) is 12.8 Å². The molecule has 1 aromatic carbocycles. The fraction of sp³-hybridized carbons (Fsp3) is 0.400. The molecule has 0 unspecified atom stereocenters. The van der Waals surface area contributed by atoms with Crippen molar-refractivity contribution in [3.8, 4) is 0 Å². The summed E-state index contributed by atoms with van der Waals surface area (Å²) in [5, 5.41) is 0. The molecule has 0 saturated carbocycles. The van der Waals surface area contributed by atoms with E-state index in [0.717, 1.165) is 13.2 Å². The van der Waals surface area contributed by atoms with Gasteiger partial charge in [0, 0.05) is 13.2 Å². The quantitative estimate of drug-likeness (QED) is 0.356. The van der Waals surface area contributed by atoms with Crippen LogP contribution in [-0.2, 0) is 4.74 Å². The molecule has 1 aliphatic rings. The number of hydrogen-bond acceptors (Lipinski definition) is 1. The third kappa shape index (κ3) is 6.49. The second-order valence-electron chi connectivity index (χ2n) is 2.40. The van der Waals surface area contributed by atoms with Crippen LogP contribution in [0.25, 0.3) is 0 Å². The van der Waals surface area contributed by atoms with Crippen LogP contribution in [0, 0.1) is 6.07 Å². The van der Waals surface area contributed by atoms with Crippen molar-refractivity contribution in [1.29, 1.82) is 0 Å². The molecule has 0 radical (unpaired) electrons. The van der Waals surface area contributed by atoms with Gasteiger partial charge in [-0.15, -0.1) is 0 Å². The molecule has 12 heavy (non-hydrogen) atoms. The largest absolute Gasteiger partial charge is 1.00 e. The average Bonchev–Trinajstić information content (AvgIpc) is 2.64. The van der Waals surface area contributed by atoms with Gasteiger partial charge in [0.2, 0.25) is 0 Å². The van der Waals surface area contributed by atoms with E-state index in [1.54, 1.807) is 0 Å². The van der Waals surface area contributed by atoms with Crippen LogP contribution < -0.4 is 18.9 Å². The zero-order chi connectivity index (χ0) is 7.78. The van der Waals surface area contributed by atoms with E-state index in [1.807, 2.05) is 30.3 Å². The second kappa shape index (κ2) is 8.87. The first-order valence-corrected chi connectivity index (χ1v) is 3.99. The number of benzene rings is 1. The van der Waals surface area contributed by atoms with Crippen LogP contribution in [0.2, 0.25) is 0 Å². The van der Waals surface area contributed by atoms with Crippen molar-refractivity contribution in [3.05, 3.63) is 36.4 Å². The summed E-state index contributed by atoms with van der Waals surface area (Å²) < 4.78 is 4.94. The number of rotatable bonds is 0. The molecule has 0 bridgehead atoms. The Balaban J connectivity index is 0.000000189. The maximum absolute atomic E-state index is 4.94. The van der Waals surface area contributed by atoms with Gasteiger partial charge in [-0.1, -0.05) is 0 Å². The summed E-state index contributed by atoms with van der Waals surface area (Å²) >= 11 is 0. The normalized spacial score (nSPS) is 14.0. The Morgan fingerprint density at radius 3 is 1.67 bits per heavy atom. The molecular formula is C10H13LiO. The summed E-state index contributed by atoms with van der Waals surface area (Å²) in [6, 6.07) is 12.5. The van der Waals surface area contributed by atoms with Gasteiger partial charge in [-0.25, -0.2) is 0 Å². The molecule has 1 heterocycles. The van der Waals surface area contributed by atoms with Crippen LogP contribution >= 0.6 is 0 Å². The molecule has 1 saturated heterocycles. The summed E-state index contributed by atoms with van der Waals surface area (Å²) in [7, 11) is 0. The Hall–Kier alpha value is -0.223. The van der Waals surface area contributed by atoms with Crippen LogP contribution in [0.3, 0.4) is 0 Å². The third-order valence-corrected chi connectivity index (χ3v) is 1.43. The summed E-state index contributed by atoms with van der Waals surface area (Å²) in [6.45, 7) is 2.00. The van der Waals surface area contributed by atoms with Crippen molar-refractivity contribution in [3.63, 3.8) is 0 Å². The molecule has 0 spiro atoms. The second-order valence-corrected chi connectivity index (χ2v) is 2.40. The van der Waals surface area contributed by atoms with Gasteiger partial charge >= 0.3 is 18.9 Å². The molecule has 1 aliphatic heterocycles. The summed E-state index contributed by atoms with van der Waals surface area (Å²) in [4.78, 5) is 0. The van der Waals surface area contributed by atoms with E-state index in [1.165, 1.54) is 12.8 Å². The van der Waals surface area contributed by atoms with Crippen molar-refractivity contribution < 1.29 is 23.6 Å². The fourth-order valence-corrected chi connectivity index (χ4v) is 0.852. The SMILES string of the molecule is C1CCOC1.[Li+].[c-]1ccccc1. The van der Waals surface area contributed by atoms with E-state index in [2.05, 4.69) is 6.07 Å². The Morgan fingerprint density at radius 1 is 0.917 bits per heavy atom. The zero-order valence-electron chi connectivity index (χ0n) is 7.62. The average molecular weight is 156 g/mol. The molecule has 2 heteroatoms. The van der Waals surface area contributed by atoms with Crippen LogP contribution in [0.15, 0.2) is 30.3 Å². The van der Waals surface area contributed by atoms with Crippen molar-refractivity contribution in [1.82, 2.24) is 0 Å². The molecule has 2 rings (SSSR count). The predicted octanol–water partition coefficient (Wildman–Crippen LogP) is -0.712. The molecule has 0 aliphatic carbocycles. The Bertz CT molecular complexity index is 126. The molecule has 60 valence electrons. The molecule has 0 N–H and O–H groups in total. The van der Waals surface area contributed by atoms with Crippen LogP contribution in [-0.4, -0.2) is 13.2 Å².